The van der Waals surface area contributed by atoms with Crippen molar-refractivity contribution in [2.75, 3.05) is 6.54 Å². The highest BCUT2D eigenvalue weighted by molar-refractivity contribution is 8.00. The van der Waals surface area contributed by atoms with Gasteiger partial charge in [0.2, 0.25) is 5.91 Å². The highest BCUT2D eigenvalue weighted by Crippen LogP contribution is 2.25. The van der Waals surface area contributed by atoms with Gasteiger partial charge in [0.05, 0.1) is 5.25 Å². The van der Waals surface area contributed by atoms with Crippen molar-refractivity contribution in [1.29, 1.82) is 0 Å². The van der Waals surface area contributed by atoms with Crippen LogP contribution in [0.4, 0.5) is 0 Å². The maximum atomic E-state index is 12.0. The van der Waals surface area contributed by atoms with Crippen LogP contribution in [0.15, 0.2) is 29.7 Å². The summed E-state index contributed by atoms with van der Waals surface area (Å²) >= 11 is 1.41. The Bertz CT molecular complexity index is 626. The van der Waals surface area contributed by atoms with Crippen LogP contribution >= 0.6 is 11.8 Å². The van der Waals surface area contributed by atoms with E-state index in [9.17, 15) is 4.79 Å². The van der Waals surface area contributed by atoms with Gasteiger partial charge in [-0.2, -0.15) is 0 Å². The molecule has 0 saturated heterocycles. The van der Waals surface area contributed by atoms with Crippen LogP contribution in [0.25, 0.3) is 11.4 Å². The second-order valence-electron chi connectivity index (χ2n) is 5.50. The summed E-state index contributed by atoms with van der Waals surface area (Å²) in [6.07, 6.45) is 3.44. The standard InChI is InChI=1S/C15H21N5OS/c1-10(2)9-17-14(21)11(3)22-15-19-18-13(20(15)4)12-5-7-16-8-6-12/h5-8,10-11H,9H2,1-4H3,(H,17,21)/t11-/m0/s1. The summed E-state index contributed by atoms with van der Waals surface area (Å²) < 4.78 is 1.90. The maximum Gasteiger partial charge on any atom is 0.233 e. The minimum Gasteiger partial charge on any atom is -0.355 e. The molecule has 0 fully saturated rings. The predicted octanol–water partition coefficient (Wildman–Crippen LogP) is 2.13. The van der Waals surface area contributed by atoms with Crippen LogP contribution in [0.3, 0.4) is 0 Å². The second kappa shape index (κ2) is 7.40. The molecule has 2 aromatic heterocycles. The monoisotopic (exact) mass is 319 g/mol. The minimum atomic E-state index is -0.216. The molecule has 22 heavy (non-hydrogen) atoms. The molecule has 0 aliphatic heterocycles. The highest BCUT2D eigenvalue weighted by Gasteiger charge is 2.19. The number of amides is 1. The molecule has 118 valence electrons. The molecule has 2 aromatic rings. The fourth-order valence-corrected chi connectivity index (χ4v) is 2.67. The van der Waals surface area contributed by atoms with Crippen molar-refractivity contribution in [1.82, 2.24) is 25.1 Å². The zero-order valence-corrected chi connectivity index (χ0v) is 14.1. The molecule has 0 unspecified atom stereocenters. The van der Waals surface area contributed by atoms with Crippen LogP contribution in [0.1, 0.15) is 20.8 Å². The van der Waals surface area contributed by atoms with E-state index in [2.05, 4.69) is 34.3 Å². The van der Waals surface area contributed by atoms with Crippen molar-refractivity contribution in [3.8, 4) is 11.4 Å². The van der Waals surface area contributed by atoms with E-state index >= 15 is 0 Å². The van der Waals surface area contributed by atoms with Gasteiger partial charge >= 0.3 is 0 Å². The van der Waals surface area contributed by atoms with Gasteiger partial charge in [0.1, 0.15) is 0 Å². The second-order valence-corrected chi connectivity index (χ2v) is 6.81. The lowest BCUT2D eigenvalue weighted by atomic mass is 10.2. The fourth-order valence-electron chi connectivity index (χ4n) is 1.83. The number of hydrogen-bond acceptors (Lipinski definition) is 5. The smallest absolute Gasteiger partial charge is 0.233 e. The molecule has 1 atom stereocenters. The number of nitrogens with zero attached hydrogens (tertiary/aromatic N) is 4. The predicted molar refractivity (Wildman–Crippen MR) is 87.4 cm³/mol. The number of pyridine rings is 1. The molecule has 0 saturated carbocycles. The normalized spacial score (nSPS) is 12.4. The molecule has 0 aromatic carbocycles. The van der Waals surface area contributed by atoms with Crippen molar-refractivity contribution in [2.24, 2.45) is 13.0 Å². The molecule has 2 heterocycles. The number of rotatable bonds is 6. The molecule has 0 aliphatic carbocycles. The van der Waals surface area contributed by atoms with Crippen molar-refractivity contribution >= 4 is 17.7 Å². The van der Waals surface area contributed by atoms with E-state index in [0.717, 1.165) is 16.5 Å². The summed E-state index contributed by atoms with van der Waals surface area (Å²) in [6.45, 7) is 6.70. The number of aromatic nitrogens is 4. The summed E-state index contributed by atoms with van der Waals surface area (Å²) in [5, 5.41) is 11.8. The van der Waals surface area contributed by atoms with E-state index in [0.29, 0.717) is 12.5 Å². The number of carbonyl (C=O) groups excluding carboxylic acids is 1. The topological polar surface area (TPSA) is 72.7 Å². The van der Waals surface area contributed by atoms with E-state index in [-0.39, 0.29) is 11.2 Å². The summed E-state index contributed by atoms with van der Waals surface area (Å²) in [5.41, 5.74) is 0.953. The quantitative estimate of drug-likeness (QED) is 0.826. The molecule has 1 N–H and O–H groups in total. The summed E-state index contributed by atoms with van der Waals surface area (Å²) in [6, 6.07) is 3.77. The third-order valence-corrected chi connectivity index (χ3v) is 4.24. The molecule has 1 amide bonds. The Morgan fingerprint density at radius 2 is 1.95 bits per heavy atom. The van der Waals surface area contributed by atoms with Gasteiger partial charge < -0.3 is 9.88 Å². The van der Waals surface area contributed by atoms with Crippen molar-refractivity contribution in [3.63, 3.8) is 0 Å². The summed E-state index contributed by atoms with van der Waals surface area (Å²) in [4.78, 5) is 16.0. The zero-order valence-electron chi connectivity index (χ0n) is 13.3. The molecule has 7 heteroatoms. The lowest BCUT2D eigenvalue weighted by molar-refractivity contribution is -0.120. The lowest BCUT2D eigenvalue weighted by Gasteiger charge is -2.12. The Morgan fingerprint density at radius 3 is 2.59 bits per heavy atom. The van der Waals surface area contributed by atoms with Gasteiger partial charge in [0, 0.05) is 31.5 Å². The molecular formula is C15H21N5OS. The minimum absolute atomic E-state index is 0.0205. The van der Waals surface area contributed by atoms with Gasteiger partial charge in [0.25, 0.3) is 0 Å². The molecule has 0 aliphatic rings. The van der Waals surface area contributed by atoms with Gasteiger partial charge in [0.15, 0.2) is 11.0 Å². The Hall–Kier alpha value is -1.89. The van der Waals surface area contributed by atoms with E-state index in [1.54, 1.807) is 12.4 Å². The molecular weight excluding hydrogens is 298 g/mol. The molecule has 2 rings (SSSR count). The number of carbonyl (C=O) groups is 1. The Morgan fingerprint density at radius 1 is 1.27 bits per heavy atom. The average Bonchev–Trinajstić information content (AvgIpc) is 2.86. The summed E-state index contributed by atoms with van der Waals surface area (Å²) in [7, 11) is 1.90. The van der Waals surface area contributed by atoms with Gasteiger partial charge in [-0.25, -0.2) is 0 Å². The van der Waals surface area contributed by atoms with Gasteiger partial charge in [-0.15, -0.1) is 10.2 Å². The molecule has 0 spiro atoms. The largest absolute Gasteiger partial charge is 0.355 e. The van der Waals surface area contributed by atoms with E-state index in [4.69, 9.17) is 0 Å². The lowest BCUT2D eigenvalue weighted by Crippen LogP contribution is -2.33. The van der Waals surface area contributed by atoms with Crippen LogP contribution in [0.2, 0.25) is 0 Å². The van der Waals surface area contributed by atoms with E-state index in [1.165, 1.54) is 11.8 Å². The van der Waals surface area contributed by atoms with Crippen LogP contribution in [0, 0.1) is 5.92 Å². The van der Waals surface area contributed by atoms with Crippen molar-refractivity contribution in [3.05, 3.63) is 24.5 Å². The fraction of sp³-hybridized carbons (Fsp3) is 0.467. The first-order valence-corrected chi connectivity index (χ1v) is 8.11. The SMILES string of the molecule is CC(C)CNC(=O)[C@H](C)Sc1nnc(-c2ccncc2)n1C. The number of hydrogen-bond donors (Lipinski definition) is 1. The maximum absolute atomic E-state index is 12.0. The Balaban J connectivity index is 2.05. The Labute approximate surface area is 134 Å². The average molecular weight is 319 g/mol. The van der Waals surface area contributed by atoms with Crippen molar-refractivity contribution in [2.45, 2.75) is 31.2 Å². The Kier molecular flexibility index (Phi) is 5.54. The van der Waals surface area contributed by atoms with Crippen LogP contribution in [-0.2, 0) is 11.8 Å². The van der Waals surface area contributed by atoms with Gasteiger partial charge in [-0.1, -0.05) is 25.6 Å². The summed E-state index contributed by atoms with van der Waals surface area (Å²) in [5.74, 6) is 1.22. The van der Waals surface area contributed by atoms with Gasteiger partial charge in [-0.05, 0) is 25.0 Å². The van der Waals surface area contributed by atoms with Gasteiger partial charge in [-0.3, -0.25) is 9.78 Å². The first-order chi connectivity index (χ1) is 10.5. The first kappa shape index (κ1) is 16.5. The van der Waals surface area contributed by atoms with Crippen LogP contribution in [-0.4, -0.2) is 37.5 Å². The third kappa shape index (κ3) is 4.07. The third-order valence-electron chi connectivity index (χ3n) is 3.11. The number of nitrogens with one attached hydrogen (secondary N) is 1. The van der Waals surface area contributed by atoms with Crippen molar-refractivity contribution < 1.29 is 4.79 Å². The molecule has 6 nitrogen and oxygen atoms in total. The van der Waals surface area contributed by atoms with Crippen LogP contribution in [0.5, 0.6) is 0 Å². The first-order valence-electron chi connectivity index (χ1n) is 7.23. The van der Waals surface area contributed by atoms with Crippen LogP contribution < -0.4 is 5.32 Å². The molecule has 0 radical (unpaired) electrons. The molecule has 0 bridgehead atoms. The zero-order chi connectivity index (χ0) is 16.1. The number of thioether (sulfide) groups is 1. The van der Waals surface area contributed by atoms with E-state index < -0.39 is 0 Å². The highest BCUT2D eigenvalue weighted by atomic mass is 32.2. The van der Waals surface area contributed by atoms with E-state index in [1.807, 2.05) is 30.7 Å².